The summed E-state index contributed by atoms with van der Waals surface area (Å²) in [7, 11) is 0. The van der Waals surface area contributed by atoms with Gasteiger partial charge in [-0.25, -0.2) is 13.6 Å². The second kappa shape index (κ2) is 10.3. The number of halogens is 4. The Morgan fingerprint density at radius 2 is 2.03 bits per heavy atom. The van der Waals surface area contributed by atoms with Gasteiger partial charge in [0.25, 0.3) is 5.91 Å². The number of cyclic esters (lactones) is 1. The molecule has 0 bridgehead atoms. The van der Waals surface area contributed by atoms with Crippen LogP contribution < -0.4 is 16.0 Å². The molecule has 1 heterocycles. The molecule has 0 aromatic carbocycles. The number of hydrogen-bond acceptors (Lipinski definition) is 6. The molecule has 1 aliphatic heterocycles. The zero-order chi connectivity index (χ0) is 25.9. The summed E-state index contributed by atoms with van der Waals surface area (Å²) in [6.45, 7) is 2.35. The molecule has 1 saturated heterocycles. The molecule has 2 aliphatic carbocycles. The molecule has 3 amide bonds. The number of nitrogens with one attached hydrogen (secondary N) is 3. The van der Waals surface area contributed by atoms with E-state index >= 15 is 4.39 Å². The van der Waals surface area contributed by atoms with Crippen LogP contribution >= 0.6 is 0 Å². The number of rotatable bonds is 7. The van der Waals surface area contributed by atoms with Gasteiger partial charge in [-0.2, -0.15) is 8.78 Å². The summed E-state index contributed by atoms with van der Waals surface area (Å²) in [6.07, 6.45) is -2.22. The van der Waals surface area contributed by atoms with Crippen LogP contribution in [0.25, 0.3) is 0 Å². The largest absolute Gasteiger partial charge is 0.442 e. The highest BCUT2D eigenvalue weighted by molar-refractivity contribution is 6.04. The molecule has 35 heavy (non-hydrogen) atoms. The van der Waals surface area contributed by atoms with Crippen LogP contribution in [0.4, 0.5) is 22.4 Å². The topological polar surface area (TPSA) is 117 Å². The Labute approximate surface area is 197 Å². The van der Waals surface area contributed by atoms with Gasteiger partial charge < -0.3 is 20.7 Å². The van der Waals surface area contributed by atoms with Gasteiger partial charge in [-0.1, -0.05) is 6.08 Å². The zero-order valence-corrected chi connectivity index (χ0v) is 18.9. The molecule has 190 valence electrons. The molecule has 0 spiro atoms. The maximum atomic E-state index is 15.0. The van der Waals surface area contributed by atoms with Crippen LogP contribution in [-0.2, 0) is 19.1 Å². The summed E-state index contributed by atoms with van der Waals surface area (Å²) < 4.78 is 59.5. The molecule has 2 unspecified atom stereocenters. The summed E-state index contributed by atoms with van der Waals surface area (Å²) in [5.41, 5.74) is -1.68. The molecule has 1 fully saturated rings. The molecule has 3 atom stereocenters. The first kappa shape index (κ1) is 26.0. The number of carbonyl (C=O) groups excluding carboxylic acids is 4. The first-order valence-electron chi connectivity index (χ1n) is 10.7. The maximum Gasteiger partial charge on any atom is 0.414 e. The van der Waals surface area contributed by atoms with E-state index in [2.05, 4.69) is 10.6 Å². The number of alkyl halides is 3. The van der Waals surface area contributed by atoms with Crippen molar-refractivity contribution in [3.05, 3.63) is 47.2 Å². The van der Waals surface area contributed by atoms with E-state index in [4.69, 9.17) is 4.74 Å². The Morgan fingerprint density at radius 1 is 1.31 bits per heavy atom. The van der Waals surface area contributed by atoms with Crippen molar-refractivity contribution in [2.45, 2.75) is 50.9 Å². The average molecular weight is 500 g/mol. The van der Waals surface area contributed by atoms with Crippen molar-refractivity contribution in [3.8, 4) is 0 Å². The minimum atomic E-state index is -3.23. The Hall–Kier alpha value is -3.64. The highest BCUT2D eigenvalue weighted by Crippen LogP contribution is 2.32. The number of nitrogens with zero attached hydrogens (tertiary/aromatic N) is 1. The molecule has 0 aromatic heterocycles. The zero-order valence-electron chi connectivity index (χ0n) is 18.9. The monoisotopic (exact) mass is 500 g/mol. The molecule has 0 aromatic rings. The lowest BCUT2D eigenvalue weighted by atomic mass is 9.96. The van der Waals surface area contributed by atoms with Crippen molar-refractivity contribution in [3.63, 3.8) is 0 Å². The van der Waals surface area contributed by atoms with Crippen LogP contribution in [-0.4, -0.2) is 65.9 Å². The van der Waals surface area contributed by atoms with E-state index in [1.165, 1.54) is 19.1 Å². The van der Waals surface area contributed by atoms with Crippen LogP contribution in [0.1, 0.15) is 26.7 Å². The van der Waals surface area contributed by atoms with Gasteiger partial charge in [0.15, 0.2) is 0 Å². The lowest BCUT2D eigenvalue weighted by molar-refractivity contribution is -0.132. The van der Waals surface area contributed by atoms with E-state index in [-0.39, 0.29) is 36.8 Å². The molecular formula is C22H24F4N4O5. The standard InChI is InChI=1S/C22H24F4N4O5/c1-11(31)29-22(2)5-3-4-17(32)16(8-22)28-18-14(23)6-12(7-15(18)24)30-10-13(35-21(30)34)9-27-20(33)19(25)26/h3-4,6,8,13,15,19,28H,5,7,9-10H2,1-2H3,(H,27,33)(H,29,31)/t13-,15?,22?/m0/s1. The number of hydrogen-bond donors (Lipinski definition) is 3. The van der Waals surface area contributed by atoms with Gasteiger partial charge in [0.1, 0.15) is 18.1 Å². The second-order valence-corrected chi connectivity index (χ2v) is 8.48. The third-order valence-electron chi connectivity index (χ3n) is 5.45. The smallest absolute Gasteiger partial charge is 0.414 e. The Kier molecular flexibility index (Phi) is 7.66. The molecular weight excluding hydrogens is 476 g/mol. The van der Waals surface area contributed by atoms with Gasteiger partial charge in [-0.15, -0.1) is 0 Å². The minimum absolute atomic E-state index is 0.0580. The normalized spacial score (nSPS) is 26.8. The second-order valence-electron chi connectivity index (χ2n) is 8.48. The summed E-state index contributed by atoms with van der Waals surface area (Å²) >= 11 is 0. The SMILES string of the molecule is CC(=O)NC1(C)C=C(NC2=C(F)C=C(N3C[C@H](CNC(=O)C(F)F)OC3=O)CC2F)C(=O)C=CC1. The van der Waals surface area contributed by atoms with Gasteiger partial charge in [0.05, 0.1) is 30.0 Å². The van der Waals surface area contributed by atoms with Crippen molar-refractivity contribution < 1.29 is 41.5 Å². The summed E-state index contributed by atoms with van der Waals surface area (Å²) in [4.78, 5) is 48.0. The Balaban J connectivity index is 1.76. The summed E-state index contributed by atoms with van der Waals surface area (Å²) in [5, 5.41) is 7.09. The first-order chi connectivity index (χ1) is 16.4. The highest BCUT2D eigenvalue weighted by atomic mass is 19.3. The van der Waals surface area contributed by atoms with Crippen LogP contribution in [0.15, 0.2) is 47.2 Å². The molecule has 0 saturated carbocycles. The minimum Gasteiger partial charge on any atom is -0.442 e. The van der Waals surface area contributed by atoms with Crippen LogP contribution in [0, 0.1) is 0 Å². The average Bonchev–Trinajstić information content (AvgIpc) is 3.06. The van der Waals surface area contributed by atoms with Gasteiger partial charge >= 0.3 is 12.5 Å². The molecule has 3 N–H and O–H groups in total. The van der Waals surface area contributed by atoms with E-state index < -0.39 is 60.0 Å². The number of ether oxygens (including phenoxy) is 1. The molecule has 3 rings (SSSR count). The highest BCUT2D eigenvalue weighted by Gasteiger charge is 2.38. The predicted octanol–water partition coefficient (Wildman–Crippen LogP) is 1.89. The molecule has 13 heteroatoms. The summed E-state index contributed by atoms with van der Waals surface area (Å²) in [5.74, 6) is -3.49. The van der Waals surface area contributed by atoms with Crippen molar-refractivity contribution >= 4 is 23.7 Å². The molecule has 9 nitrogen and oxygen atoms in total. The van der Waals surface area contributed by atoms with E-state index in [1.807, 2.05) is 5.32 Å². The van der Waals surface area contributed by atoms with Crippen molar-refractivity contribution in [1.29, 1.82) is 0 Å². The molecule has 3 aliphatic rings. The number of amides is 3. The Bertz CT molecular complexity index is 1050. The Morgan fingerprint density at radius 3 is 2.66 bits per heavy atom. The summed E-state index contributed by atoms with van der Waals surface area (Å²) in [6, 6.07) is 0. The first-order valence-corrected chi connectivity index (χ1v) is 10.7. The fourth-order valence-electron chi connectivity index (χ4n) is 3.88. The third-order valence-corrected chi connectivity index (χ3v) is 5.45. The lowest BCUT2D eigenvalue weighted by Gasteiger charge is -2.28. The van der Waals surface area contributed by atoms with Crippen molar-refractivity contribution in [2.24, 2.45) is 0 Å². The van der Waals surface area contributed by atoms with Crippen LogP contribution in [0.2, 0.25) is 0 Å². The van der Waals surface area contributed by atoms with Crippen LogP contribution in [0.3, 0.4) is 0 Å². The number of carbonyl (C=O) groups is 4. The quantitative estimate of drug-likeness (QED) is 0.460. The van der Waals surface area contributed by atoms with E-state index in [1.54, 1.807) is 13.0 Å². The van der Waals surface area contributed by atoms with E-state index in [0.29, 0.717) is 0 Å². The molecule has 0 radical (unpaired) electrons. The number of allylic oxidation sites excluding steroid dienone is 5. The van der Waals surface area contributed by atoms with E-state index in [9.17, 15) is 32.3 Å². The predicted molar refractivity (Wildman–Crippen MR) is 114 cm³/mol. The van der Waals surface area contributed by atoms with Gasteiger partial charge in [0.2, 0.25) is 11.7 Å². The van der Waals surface area contributed by atoms with Crippen molar-refractivity contribution in [1.82, 2.24) is 20.9 Å². The van der Waals surface area contributed by atoms with Crippen LogP contribution in [0.5, 0.6) is 0 Å². The van der Waals surface area contributed by atoms with E-state index in [0.717, 1.165) is 11.0 Å². The van der Waals surface area contributed by atoms with Gasteiger partial charge in [0, 0.05) is 19.0 Å². The maximum absolute atomic E-state index is 15.0. The van der Waals surface area contributed by atoms with Gasteiger partial charge in [-0.3, -0.25) is 19.3 Å². The van der Waals surface area contributed by atoms with Crippen molar-refractivity contribution in [2.75, 3.05) is 13.1 Å². The fourth-order valence-corrected chi connectivity index (χ4v) is 3.88. The fraction of sp³-hybridized carbons (Fsp3) is 0.455. The third kappa shape index (κ3) is 6.28. The number of ketones is 1. The lowest BCUT2D eigenvalue weighted by Crippen LogP contribution is -2.44. The van der Waals surface area contributed by atoms with Gasteiger partial charge in [-0.05, 0) is 31.6 Å².